The van der Waals surface area contributed by atoms with Crippen molar-refractivity contribution in [2.45, 2.75) is 6.92 Å². The van der Waals surface area contributed by atoms with Crippen LogP contribution in [0.1, 0.15) is 17.3 Å². The first-order valence-corrected chi connectivity index (χ1v) is 8.93. The molecular weight excluding hydrogens is 350 g/mol. The Balaban J connectivity index is 1.56. The lowest BCUT2D eigenvalue weighted by Crippen LogP contribution is -2.50. The summed E-state index contributed by atoms with van der Waals surface area (Å²) in [5.41, 5.74) is 1.28. The number of nitrogens with zero attached hydrogens (tertiary/aromatic N) is 4. The molecule has 1 N–H and O–H groups in total. The topological polar surface area (TPSA) is 70.6 Å². The number of esters is 1. The molecule has 0 aliphatic carbocycles. The van der Waals surface area contributed by atoms with Gasteiger partial charge in [0, 0.05) is 44.3 Å². The molecule has 1 fully saturated rings. The fourth-order valence-corrected chi connectivity index (χ4v) is 3.01. The molecule has 1 aromatic carbocycles. The summed E-state index contributed by atoms with van der Waals surface area (Å²) in [7, 11) is 0. The Bertz CT molecular complexity index is 763. The van der Waals surface area contributed by atoms with Crippen molar-refractivity contribution >= 4 is 34.9 Å². The third-order valence-corrected chi connectivity index (χ3v) is 4.39. The number of nitrogens with one attached hydrogen (secondary N) is 1. The van der Waals surface area contributed by atoms with E-state index in [9.17, 15) is 4.79 Å². The van der Waals surface area contributed by atoms with Crippen LogP contribution in [0.15, 0.2) is 42.7 Å². The molecule has 1 aliphatic rings. The van der Waals surface area contributed by atoms with Gasteiger partial charge >= 0.3 is 5.97 Å². The van der Waals surface area contributed by atoms with Crippen LogP contribution in [-0.2, 0) is 4.74 Å². The molecule has 3 rings (SSSR count). The van der Waals surface area contributed by atoms with Crippen LogP contribution in [0, 0.1) is 0 Å². The molecule has 26 heavy (non-hydrogen) atoms. The van der Waals surface area contributed by atoms with E-state index < -0.39 is 0 Å². The summed E-state index contributed by atoms with van der Waals surface area (Å²) in [5.74, 6) is 0.409. The van der Waals surface area contributed by atoms with E-state index in [0.717, 1.165) is 37.8 Å². The lowest BCUT2D eigenvalue weighted by atomic mass is 10.2. The molecule has 2 aromatic rings. The molecule has 0 atom stereocenters. The minimum absolute atomic E-state index is 0.335. The second kappa shape index (κ2) is 8.57. The average molecular weight is 371 g/mol. The molecule has 7 nitrogen and oxygen atoms in total. The zero-order chi connectivity index (χ0) is 18.4. The van der Waals surface area contributed by atoms with E-state index in [1.54, 1.807) is 31.5 Å². The lowest BCUT2D eigenvalue weighted by Gasteiger charge is -2.36. The van der Waals surface area contributed by atoms with Crippen LogP contribution in [0.3, 0.4) is 0 Å². The van der Waals surface area contributed by atoms with E-state index in [4.69, 9.17) is 17.0 Å². The van der Waals surface area contributed by atoms with Gasteiger partial charge in [0.15, 0.2) is 5.11 Å². The molecular formula is C18H21N5O2S. The Morgan fingerprint density at radius 2 is 1.92 bits per heavy atom. The first-order chi connectivity index (χ1) is 12.7. The van der Waals surface area contributed by atoms with Crippen LogP contribution in [0.2, 0.25) is 0 Å². The number of anilines is 2. The summed E-state index contributed by atoms with van der Waals surface area (Å²) in [4.78, 5) is 24.7. The van der Waals surface area contributed by atoms with Gasteiger partial charge in [-0.1, -0.05) is 6.07 Å². The molecule has 0 amide bonds. The number of ether oxygens (including phenoxy) is 1. The average Bonchev–Trinajstić information content (AvgIpc) is 2.69. The van der Waals surface area contributed by atoms with Crippen molar-refractivity contribution in [3.05, 3.63) is 48.3 Å². The van der Waals surface area contributed by atoms with Gasteiger partial charge in [0.2, 0.25) is 5.95 Å². The van der Waals surface area contributed by atoms with Crippen molar-refractivity contribution in [2.75, 3.05) is 43.0 Å². The highest BCUT2D eigenvalue weighted by Gasteiger charge is 2.20. The SMILES string of the molecule is CCOC(=O)c1cccc(NC(=S)N2CCN(c3ncccn3)CC2)c1. The Morgan fingerprint density at radius 3 is 2.62 bits per heavy atom. The summed E-state index contributed by atoms with van der Waals surface area (Å²) in [6, 6.07) is 8.97. The van der Waals surface area contributed by atoms with E-state index in [1.165, 1.54) is 0 Å². The number of carbonyl (C=O) groups is 1. The molecule has 0 saturated carbocycles. The van der Waals surface area contributed by atoms with Crippen LogP contribution in [-0.4, -0.2) is 58.7 Å². The van der Waals surface area contributed by atoms with Crippen molar-refractivity contribution in [2.24, 2.45) is 0 Å². The Kier molecular flexibility index (Phi) is 5.96. The van der Waals surface area contributed by atoms with E-state index in [-0.39, 0.29) is 5.97 Å². The van der Waals surface area contributed by atoms with Crippen LogP contribution < -0.4 is 10.2 Å². The lowest BCUT2D eigenvalue weighted by molar-refractivity contribution is 0.0526. The molecule has 136 valence electrons. The second-order valence-electron chi connectivity index (χ2n) is 5.75. The maximum absolute atomic E-state index is 11.8. The van der Waals surface area contributed by atoms with Crippen molar-refractivity contribution in [3.8, 4) is 0 Å². The van der Waals surface area contributed by atoms with Gasteiger partial charge in [0.05, 0.1) is 12.2 Å². The third-order valence-electron chi connectivity index (χ3n) is 4.03. The van der Waals surface area contributed by atoms with Crippen LogP contribution >= 0.6 is 12.2 Å². The molecule has 1 aliphatic heterocycles. The van der Waals surface area contributed by atoms with Gasteiger partial charge in [0.25, 0.3) is 0 Å². The molecule has 1 aromatic heterocycles. The molecule has 0 bridgehead atoms. The number of aromatic nitrogens is 2. The molecule has 0 radical (unpaired) electrons. The summed E-state index contributed by atoms with van der Waals surface area (Å²) < 4.78 is 5.03. The quantitative estimate of drug-likeness (QED) is 0.648. The largest absolute Gasteiger partial charge is 0.462 e. The van der Waals surface area contributed by atoms with Crippen LogP contribution in [0.4, 0.5) is 11.6 Å². The van der Waals surface area contributed by atoms with Gasteiger partial charge in [0.1, 0.15) is 0 Å². The van der Waals surface area contributed by atoms with Crippen molar-refractivity contribution in [1.29, 1.82) is 0 Å². The maximum atomic E-state index is 11.8. The molecule has 0 spiro atoms. The minimum atomic E-state index is -0.335. The maximum Gasteiger partial charge on any atom is 0.338 e. The van der Waals surface area contributed by atoms with Gasteiger partial charge in [-0.3, -0.25) is 0 Å². The minimum Gasteiger partial charge on any atom is -0.462 e. The van der Waals surface area contributed by atoms with E-state index in [1.807, 2.05) is 18.2 Å². The van der Waals surface area contributed by atoms with E-state index in [0.29, 0.717) is 17.3 Å². The Hall–Kier alpha value is -2.74. The Morgan fingerprint density at radius 1 is 1.19 bits per heavy atom. The first-order valence-electron chi connectivity index (χ1n) is 8.52. The number of hydrogen-bond acceptors (Lipinski definition) is 6. The van der Waals surface area contributed by atoms with Crippen molar-refractivity contribution in [3.63, 3.8) is 0 Å². The highest BCUT2D eigenvalue weighted by atomic mass is 32.1. The zero-order valence-electron chi connectivity index (χ0n) is 14.6. The number of benzene rings is 1. The summed E-state index contributed by atoms with van der Waals surface area (Å²) in [6.07, 6.45) is 3.49. The van der Waals surface area contributed by atoms with E-state index in [2.05, 4.69) is 25.1 Å². The van der Waals surface area contributed by atoms with Gasteiger partial charge in [-0.25, -0.2) is 14.8 Å². The summed E-state index contributed by atoms with van der Waals surface area (Å²) in [5, 5.41) is 3.84. The Labute approximate surface area is 158 Å². The fourth-order valence-electron chi connectivity index (χ4n) is 2.70. The van der Waals surface area contributed by atoms with Gasteiger partial charge < -0.3 is 19.9 Å². The predicted octanol–water partition coefficient (Wildman–Crippen LogP) is 2.17. The summed E-state index contributed by atoms with van der Waals surface area (Å²) in [6.45, 7) is 5.30. The first kappa shape index (κ1) is 18.1. The normalized spacial score (nSPS) is 14.0. The second-order valence-corrected chi connectivity index (χ2v) is 6.14. The number of carbonyl (C=O) groups excluding carboxylic acids is 1. The highest BCUT2D eigenvalue weighted by molar-refractivity contribution is 7.80. The predicted molar refractivity (Wildman–Crippen MR) is 104 cm³/mol. The van der Waals surface area contributed by atoms with Crippen molar-refractivity contribution in [1.82, 2.24) is 14.9 Å². The molecule has 0 unspecified atom stereocenters. The highest BCUT2D eigenvalue weighted by Crippen LogP contribution is 2.15. The van der Waals surface area contributed by atoms with E-state index >= 15 is 0 Å². The van der Waals surface area contributed by atoms with Crippen LogP contribution in [0.25, 0.3) is 0 Å². The van der Waals surface area contributed by atoms with Gasteiger partial charge in [-0.2, -0.15) is 0 Å². The summed E-state index contributed by atoms with van der Waals surface area (Å²) >= 11 is 5.52. The molecule has 2 heterocycles. The standard InChI is InChI=1S/C18H21N5O2S/c1-2-25-16(24)14-5-3-6-15(13-14)21-18(26)23-11-9-22(10-12-23)17-19-7-4-8-20-17/h3-8,13H,2,9-12H2,1H3,(H,21,26). The number of thiocarbonyl (C=S) groups is 1. The molecule has 1 saturated heterocycles. The number of rotatable bonds is 4. The third kappa shape index (κ3) is 4.45. The number of piperazine rings is 1. The van der Waals surface area contributed by atoms with Gasteiger partial charge in [-0.05, 0) is 43.4 Å². The number of hydrogen-bond donors (Lipinski definition) is 1. The fraction of sp³-hybridized carbons (Fsp3) is 0.333. The van der Waals surface area contributed by atoms with Crippen molar-refractivity contribution < 1.29 is 9.53 Å². The zero-order valence-corrected chi connectivity index (χ0v) is 15.4. The smallest absolute Gasteiger partial charge is 0.338 e. The van der Waals surface area contributed by atoms with Crippen LogP contribution in [0.5, 0.6) is 0 Å². The molecule has 8 heteroatoms. The van der Waals surface area contributed by atoms with Gasteiger partial charge in [-0.15, -0.1) is 0 Å². The monoisotopic (exact) mass is 371 g/mol.